The molecule has 0 amide bonds. The Kier molecular flexibility index (Phi) is 1.55. The van der Waals surface area contributed by atoms with E-state index in [1.165, 1.54) is 32.1 Å². The van der Waals surface area contributed by atoms with Crippen LogP contribution in [-0.4, -0.2) is 23.4 Å². The number of hydrogen-bond donors (Lipinski definition) is 0. The Labute approximate surface area is 97.7 Å². The molecule has 2 saturated carbocycles. The second-order valence-corrected chi connectivity index (χ2v) is 7.23. The molecule has 0 radical (unpaired) electrons. The van der Waals surface area contributed by atoms with Gasteiger partial charge in [0.25, 0.3) is 0 Å². The van der Waals surface area contributed by atoms with Crippen molar-refractivity contribution in [3.8, 4) is 0 Å². The monoisotopic (exact) mass is 222 g/mol. The first-order valence-electron chi connectivity index (χ1n) is 6.83. The van der Waals surface area contributed by atoms with Crippen LogP contribution in [0.3, 0.4) is 0 Å². The Morgan fingerprint density at radius 2 is 1.81 bits per heavy atom. The van der Waals surface area contributed by atoms with E-state index in [1.54, 1.807) is 0 Å². The lowest BCUT2D eigenvalue weighted by Gasteiger charge is -2.50. The molecule has 0 aromatic heterocycles. The van der Waals surface area contributed by atoms with Gasteiger partial charge in [-0.05, 0) is 57.3 Å². The summed E-state index contributed by atoms with van der Waals surface area (Å²) in [4.78, 5) is 0. The average molecular weight is 222 g/mol. The van der Waals surface area contributed by atoms with E-state index < -0.39 is 0 Å². The van der Waals surface area contributed by atoms with Gasteiger partial charge in [0.1, 0.15) is 11.7 Å². The smallest absolute Gasteiger partial charge is 0.114 e. The van der Waals surface area contributed by atoms with Gasteiger partial charge in [-0.15, -0.1) is 0 Å². The Balaban J connectivity index is 1.81. The highest BCUT2D eigenvalue weighted by Crippen LogP contribution is 2.67. The summed E-state index contributed by atoms with van der Waals surface area (Å²) in [5.74, 6) is 0.753. The largest absolute Gasteiger partial charge is 0.366 e. The van der Waals surface area contributed by atoms with E-state index in [4.69, 9.17) is 9.47 Å². The van der Waals surface area contributed by atoms with Crippen molar-refractivity contribution in [3.05, 3.63) is 0 Å². The first-order valence-corrected chi connectivity index (χ1v) is 6.83. The van der Waals surface area contributed by atoms with E-state index in [-0.39, 0.29) is 11.2 Å². The summed E-state index contributed by atoms with van der Waals surface area (Å²) in [6, 6.07) is 0. The molecule has 4 aliphatic rings. The van der Waals surface area contributed by atoms with E-state index in [9.17, 15) is 0 Å². The van der Waals surface area contributed by atoms with Crippen molar-refractivity contribution in [3.63, 3.8) is 0 Å². The van der Waals surface area contributed by atoms with E-state index >= 15 is 0 Å². The maximum absolute atomic E-state index is 6.60. The van der Waals surface area contributed by atoms with Crippen molar-refractivity contribution >= 4 is 0 Å². The average Bonchev–Trinajstić information content (AvgIpc) is 2.94. The molecular formula is C14H22O2. The van der Waals surface area contributed by atoms with Crippen LogP contribution in [0.5, 0.6) is 0 Å². The number of fused-ring (bicyclic) bond motifs is 2. The molecule has 2 aliphatic heterocycles. The fourth-order valence-electron chi connectivity index (χ4n) is 4.82. The molecule has 1 spiro atoms. The van der Waals surface area contributed by atoms with E-state index in [2.05, 4.69) is 20.8 Å². The Hall–Kier alpha value is -0.0800. The number of epoxide rings is 1. The summed E-state index contributed by atoms with van der Waals surface area (Å²) in [6.07, 6.45) is 7.46. The summed E-state index contributed by atoms with van der Waals surface area (Å²) in [5, 5.41) is 0. The Bertz CT molecular complexity index is 351. The van der Waals surface area contributed by atoms with Gasteiger partial charge in [0, 0.05) is 0 Å². The predicted octanol–water partition coefficient (Wildman–Crippen LogP) is 2.90. The fourth-order valence-corrected chi connectivity index (χ4v) is 4.82. The van der Waals surface area contributed by atoms with Gasteiger partial charge in [-0.1, -0.05) is 6.92 Å². The van der Waals surface area contributed by atoms with E-state index in [0.29, 0.717) is 17.6 Å². The van der Waals surface area contributed by atoms with Crippen molar-refractivity contribution in [2.75, 3.05) is 0 Å². The molecule has 2 heterocycles. The number of ether oxygens (including phenoxy) is 2. The van der Waals surface area contributed by atoms with Crippen molar-refractivity contribution in [1.82, 2.24) is 0 Å². The molecule has 0 N–H and O–H groups in total. The minimum Gasteiger partial charge on any atom is -0.366 e. The van der Waals surface area contributed by atoms with Crippen molar-refractivity contribution in [2.45, 2.75) is 76.3 Å². The maximum atomic E-state index is 6.60. The Morgan fingerprint density at radius 1 is 1.06 bits per heavy atom. The highest BCUT2D eigenvalue weighted by molar-refractivity contribution is 5.21. The third-order valence-electron chi connectivity index (χ3n) is 6.07. The molecule has 2 aliphatic carbocycles. The molecule has 0 aromatic rings. The van der Waals surface area contributed by atoms with Crippen LogP contribution >= 0.6 is 0 Å². The normalized spacial score (nSPS) is 61.3. The lowest BCUT2D eigenvalue weighted by molar-refractivity contribution is -0.166. The van der Waals surface area contributed by atoms with Gasteiger partial charge >= 0.3 is 0 Å². The zero-order valence-electron chi connectivity index (χ0n) is 10.6. The molecular weight excluding hydrogens is 200 g/mol. The van der Waals surface area contributed by atoms with Gasteiger partial charge in [0.2, 0.25) is 0 Å². The Morgan fingerprint density at radius 3 is 2.62 bits per heavy atom. The van der Waals surface area contributed by atoms with Gasteiger partial charge in [-0.25, -0.2) is 0 Å². The lowest BCUT2D eigenvalue weighted by atomic mass is 9.56. The molecule has 16 heavy (non-hydrogen) atoms. The summed E-state index contributed by atoms with van der Waals surface area (Å²) < 4.78 is 12.5. The summed E-state index contributed by atoms with van der Waals surface area (Å²) in [5.41, 5.74) is 0.531. The second-order valence-electron chi connectivity index (χ2n) is 7.23. The van der Waals surface area contributed by atoms with Crippen molar-refractivity contribution < 1.29 is 9.47 Å². The molecule has 4 rings (SSSR count). The minimum atomic E-state index is 0.0718. The lowest BCUT2D eigenvalue weighted by Crippen LogP contribution is -2.55. The standard InChI is InChI=1S/C14H22O2/c1-12(2)9-4-6-13(3)7-5-10-11(15-10)14(13,8-9)16-12/h9-11H,4-8H2,1-3H3/t9-,10?,11?,13-,14+/m1/s1. The SMILES string of the molecule is CC1(C)O[C@]23C[C@H]1CC[C@]2(C)CCC1OC13. The van der Waals surface area contributed by atoms with Crippen LogP contribution < -0.4 is 0 Å². The zero-order valence-corrected chi connectivity index (χ0v) is 10.6. The van der Waals surface area contributed by atoms with E-state index in [1.807, 2.05) is 0 Å². The quantitative estimate of drug-likeness (QED) is 0.588. The van der Waals surface area contributed by atoms with Gasteiger partial charge < -0.3 is 9.47 Å². The maximum Gasteiger partial charge on any atom is 0.114 e. The third-order valence-corrected chi connectivity index (χ3v) is 6.07. The molecule has 90 valence electrons. The summed E-state index contributed by atoms with van der Waals surface area (Å²) in [6.45, 7) is 7.01. The van der Waals surface area contributed by atoms with Crippen LogP contribution in [0.2, 0.25) is 0 Å². The van der Waals surface area contributed by atoms with Crippen LogP contribution in [0.1, 0.15) is 52.9 Å². The van der Waals surface area contributed by atoms with Crippen LogP contribution in [-0.2, 0) is 9.47 Å². The molecule has 4 fully saturated rings. The minimum absolute atomic E-state index is 0.0718. The summed E-state index contributed by atoms with van der Waals surface area (Å²) >= 11 is 0. The van der Waals surface area contributed by atoms with Gasteiger partial charge in [-0.2, -0.15) is 0 Å². The third kappa shape index (κ3) is 0.932. The second kappa shape index (κ2) is 2.51. The van der Waals surface area contributed by atoms with Gasteiger partial charge in [-0.3, -0.25) is 0 Å². The van der Waals surface area contributed by atoms with Gasteiger partial charge in [0.15, 0.2) is 0 Å². The van der Waals surface area contributed by atoms with Crippen LogP contribution in [0, 0.1) is 11.3 Å². The predicted molar refractivity (Wildman–Crippen MR) is 61.2 cm³/mol. The van der Waals surface area contributed by atoms with Crippen LogP contribution in [0.4, 0.5) is 0 Å². The first-order chi connectivity index (χ1) is 7.47. The molecule has 2 unspecified atom stereocenters. The summed E-state index contributed by atoms with van der Waals surface area (Å²) in [7, 11) is 0. The highest BCUT2D eigenvalue weighted by atomic mass is 16.6. The van der Waals surface area contributed by atoms with Crippen LogP contribution in [0.25, 0.3) is 0 Å². The molecule has 5 atom stereocenters. The van der Waals surface area contributed by atoms with Crippen molar-refractivity contribution in [1.29, 1.82) is 0 Å². The molecule has 2 nitrogen and oxygen atoms in total. The molecule has 0 aromatic carbocycles. The number of rotatable bonds is 0. The van der Waals surface area contributed by atoms with Crippen LogP contribution in [0.15, 0.2) is 0 Å². The molecule has 2 saturated heterocycles. The zero-order chi connectivity index (χ0) is 11.2. The highest BCUT2D eigenvalue weighted by Gasteiger charge is 2.73. The molecule has 2 bridgehead atoms. The van der Waals surface area contributed by atoms with Gasteiger partial charge in [0.05, 0.1) is 11.7 Å². The first kappa shape index (κ1) is 9.90. The topological polar surface area (TPSA) is 21.8 Å². The number of hydrogen-bond acceptors (Lipinski definition) is 2. The molecule has 2 heteroatoms. The van der Waals surface area contributed by atoms with Crippen molar-refractivity contribution in [2.24, 2.45) is 11.3 Å². The fraction of sp³-hybridized carbons (Fsp3) is 1.00. The van der Waals surface area contributed by atoms with E-state index in [0.717, 1.165) is 5.92 Å².